The fourth-order valence-corrected chi connectivity index (χ4v) is 1.91. The van der Waals surface area contributed by atoms with Crippen molar-refractivity contribution in [2.45, 2.75) is 6.61 Å². The minimum absolute atomic E-state index is 0.0486. The highest BCUT2D eigenvalue weighted by atomic mass is 16.6. The van der Waals surface area contributed by atoms with Gasteiger partial charge in [0.1, 0.15) is 12.0 Å². The van der Waals surface area contributed by atoms with E-state index in [2.05, 4.69) is 5.48 Å². The zero-order valence-electron chi connectivity index (χ0n) is 12.6. The van der Waals surface area contributed by atoms with Gasteiger partial charge in [0.05, 0.1) is 20.8 Å². The molecule has 0 aromatic heterocycles. The van der Waals surface area contributed by atoms with Crippen LogP contribution in [0.2, 0.25) is 0 Å². The van der Waals surface area contributed by atoms with Crippen LogP contribution in [-0.4, -0.2) is 19.3 Å². The topological polar surface area (TPSA) is 60.0 Å². The van der Waals surface area contributed by atoms with Crippen LogP contribution in [0.25, 0.3) is 5.70 Å². The number of aliphatic hydroxyl groups excluding tert-OH is 1. The van der Waals surface area contributed by atoms with Gasteiger partial charge in [0.2, 0.25) is 0 Å². The number of nitrogens with one attached hydrogen (secondary N) is 1. The zero-order chi connectivity index (χ0) is 15.8. The van der Waals surface area contributed by atoms with Gasteiger partial charge in [0, 0.05) is 5.56 Å². The van der Waals surface area contributed by atoms with Crippen molar-refractivity contribution in [2.24, 2.45) is 0 Å². The molecule has 0 saturated heterocycles. The van der Waals surface area contributed by atoms with Crippen molar-refractivity contribution < 1.29 is 19.4 Å². The second-order valence-electron chi connectivity index (χ2n) is 4.46. The summed E-state index contributed by atoms with van der Waals surface area (Å²) in [6, 6.07) is 14.9. The average molecular weight is 301 g/mol. The Kier molecular flexibility index (Phi) is 5.82. The average Bonchev–Trinajstić information content (AvgIpc) is 2.59. The molecule has 2 rings (SSSR count). The number of aliphatic hydroxyl groups is 1. The lowest BCUT2D eigenvalue weighted by atomic mass is 10.2. The molecule has 0 fully saturated rings. The summed E-state index contributed by atoms with van der Waals surface area (Å²) in [5.74, 6) is 1.10. The molecule has 0 heterocycles. The summed E-state index contributed by atoms with van der Waals surface area (Å²) in [6.45, 7) is -0.0486. The summed E-state index contributed by atoms with van der Waals surface area (Å²) in [5.41, 5.74) is 5.14. The second-order valence-corrected chi connectivity index (χ2v) is 4.46. The molecule has 116 valence electrons. The molecule has 0 radical (unpaired) electrons. The van der Waals surface area contributed by atoms with Crippen LogP contribution in [0.15, 0.2) is 54.8 Å². The van der Waals surface area contributed by atoms with Crippen molar-refractivity contribution in [1.82, 2.24) is 5.48 Å². The Bertz CT molecular complexity index is 626. The van der Waals surface area contributed by atoms with Crippen molar-refractivity contribution in [3.05, 3.63) is 65.9 Å². The van der Waals surface area contributed by atoms with Crippen molar-refractivity contribution >= 4 is 5.70 Å². The van der Waals surface area contributed by atoms with E-state index in [0.717, 1.165) is 11.1 Å². The number of hydrogen-bond donors (Lipinski definition) is 2. The molecule has 0 unspecified atom stereocenters. The molecule has 2 aromatic carbocycles. The molecule has 0 aliphatic rings. The molecule has 0 amide bonds. The lowest BCUT2D eigenvalue weighted by Gasteiger charge is -2.12. The van der Waals surface area contributed by atoms with Gasteiger partial charge in [-0.05, 0) is 17.7 Å². The van der Waals surface area contributed by atoms with Crippen LogP contribution in [0.5, 0.6) is 11.5 Å². The van der Waals surface area contributed by atoms with Gasteiger partial charge in [-0.2, -0.15) is 0 Å². The summed E-state index contributed by atoms with van der Waals surface area (Å²) >= 11 is 0. The normalized spacial score (nSPS) is 11.1. The fraction of sp³-hybridized carbons (Fsp3) is 0.176. The maximum absolute atomic E-state index is 9.15. The molecule has 22 heavy (non-hydrogen) atoms. The standard InChI is InChI=1S/C17H19NO4/c1-20-17-10-13(11-19)8-9-16(17)22-12-15(18-21-2)14-6-4-3-5-7-14/h3-10,12,18-19H,11H2,1-2H3. The molecule has 2 N–H and O–H groups in total. The van der Waals surface area contributed by atoms with Crippen LogP contribution in [0.3, 0.4) is 0 Å². The van der Waals surface area contributed by atoms with E-state index in [4.69, 9.17) is 19.4 Å². The third kappa shape index (κ3) is 4.00. The summed E-state index contributed by atoms with van der Waals surface area (Å²) in [7, 11) is 3.09. The lowest BCUT2D eigenvalue weighted by molar-refractivity contribution is 0.135. The van der Waals surface area contributed by atoms with Crippen molar-refractivity contribution in [2.75, 3.05) is 14.2 Å². The SMILES string of the molecule is CONC(=COc1ccc(CO)cc1OC)c1ccccc1. The first kappa shape index (κ1) is 15.9. The zero-order valence-corrected chi connectivity index (χ0v) is 12.6. The van der Waals surface area contributed by atoms with Gasteiger partial charge in [-0.15, -0.1) is 0 Å². The van der Waals surface area contributed by atoms with E-state index in [9.17, 15) is 0 Å². The molecule has 5 heteroatoms. The molecule has 0 aliphatic carbocycles. The van der Waals surface area contributed by atoms with E-state index in [1.807, 2.05) is 30.3 Å². The maximum atomic E-state index is 9.15. The van der Waals surface area contributed by atoms with Crippen molar-refractivity contribution in [1.29, 1.82) is 0 Å². The Morgan fingerprint density at radius 1 is 1.09 bits per heavy atom. The minimum atomic E-state index is -0.0486. The first-order valence-corrected chi connectivity index (χ1v) is 6.77. The van der Waals surface area contributed by atoms with Crippen LogP contribution >= 0.6 is 0 Å². The van der Waals surface area contributed by atoms with E-state index in [1.54, 1.807) is 31.6 Å². The fourth-order valence-electron chi connectivity index (χ4n) is 1.91. The van der Waals surface area contributed by atoms with Crippen LogP contribution in [0.1, 0.15) is 11.1 Å². The van der Waals surface area contributed by atoms with Gasteiger partial charge in [0.25, 0.3) is 0 Å². The molecule has 0 atom stereocenters. The van der Waals surface area contributed by atoms with Crippen LogP contribution in [0.4, 0.5) is 0 Å². The maximum Gasteiger partial charge on any atom is 0.168 e. The molecule has 0 aliphatic heterocycles. The number of hydrogen-bond acceptors (Lipinski definition) is 5. The largest absolute Gasteiger partial charge is 0.493 e. The van der Waals surface area contributed by atoms with Crippen molar-refractivity contribution in [3.8, 4) is 11.5 Å². The van der Waals surface area contributed by atoms with E-state index in [0.29, 0.717) is 17.2 Å². The molecule has 0 bridgehead atoms. The Morgan fingerprint density at radius 2 is 1.86 bits per heavy atom. The number of benzene rings is 2. The van der Waals surface area contributed by atoms with Gasteiger partial charge in [-0.3, -0.25) is 10.3 Å². The molecule has 0 saturated carbocycles. The van der Waals surface area contributed by atoms with Gasteiger partial charge in [-0.1, -0.05) is 36.4 Å². The second kappa shape index (κ2) is 8.07. The molecular weight excluding hydrogens is 282 g/mol. The predicted octanol–water partition coefficient (Wildman–Crippen LogP) is 2.72. The quantitative estimate of drug-likeness (QED) is 0.608. The molecule has 5 nitrogen and oxygen atoms in total. The van der Waals surface area contributed by atoms with Crippen molar-refractivity contribution in [3.63, 3.8) is 0 Å². The Labute approximate surface area is 129 Å². The smallest absolute Gasteiger partial charge is 0.168 e. The molecule has 0 spiro atoms. The molecule has 2 aromatic rings. The summed E-state index contributed by atoms with van der Waals surface area (Å²) in [6.07, 6.45) is 1.55. The van der Waals surface area contributed by atoms with Gasteiger partial charge in [0.15, 0.2) is 11.5 Å². The van der Waals surface area contributed by atoms with E-state index in [1.165, 1.54) is 7.11 Å². The number of methoxy groups -OCH3 is 1. The summed E-state index contributed by atoms with van der Waals surface area (Å²) in [5, 5.41) is 9.15. The van der Waals surface area contributed by atoms with E-state index in [-0.39, 0.29) is 6.61 Å². The minimum Gasteiger partial charge on any atom is -0.493 e. The number of ether oxygens (including phenoxy) is 2. The Balaban J connectivity index is 2.24. The van der Waals surface area contributed by atoms with Gasteiger partial charge >= 0.3 is 0 Å². The summed E-state index contributed by atoms with van der Waals surface area (Å²) in [4.78, 5) is 4.98. The monoisotopic (exact) mass is 301 g/mol. The first-order valence-electron chi connectivity index (χ1n) is 6.77. The number of rotatable bonds is 7. The highest BCUT2D eigenvalue weighted by Gasteiger charge is 2.06. The lowest BCUT2D eigenvalue weighted by Crippen LogP contribution is -2.11. The van der Waals surface area contributed by atoms with Gasteiger partial charge in [-0.25, -0.2) is 0 Å². The Hall–Kier alpha value is -2.50. The van der Waals surface area contributed by atoms with Gasteiger partial charge < -0.3 is 14.6 Å². The third-order valence-corrected chi connectivity index (χ3v) is 3.01. The molecular formula is C17H19NO4. The summed E-state index contributed by atoms with van der Waals surface area (Å²) < 4.78 is 11.0. The van der Waals surface area contributed by atoms with E-state index >= 15 is 0 Å². The highest BCUT2D eigenvalue weighted by molar-refractivity contribution is 5.62. The van der Waals surface area contributed by atoms with Crippen LogP contribution in [-0.2, 0) is 11.4 Å². The van der Waals surface area contributed by atoms with Crippen LogP contribution in [0, 0.1) is 0 Å². The highest BCUT2D eigenvalue weighted by Crippen LogP contribution is 2.29. The first-order chi connectivity index (χ1) is 10.8. The van der Waals surface area contributed by atoms with Crippen LogP contribution < -0.4 is 15.0 Å². The van der Waals surface area contributed by atoms with E-state index < -0.39 is 0 Å². The Morgan fingerprint density at radius 3 is 2.50 bits per heavy atom. The predicted molar refractivity (Wildman–Crippen MR) is 84.1 cm³/mol. The third-order valence-electron chi connectivity index (χ3n) is 3.01. The number of hydroxylamine groups is 1.